The van der Waals surface area contributed by atoms with E-state index in [1.54, 1.807) is 0 Å². The van der Waals surface area contributed by atoms with Gasteiger partial charge in [0.2, 0.25) is 0 Å². The highest BCUT2D eigenvalue weighted by atomic mass is 16.6. The van der Waals surface area contributed by atoms with Crippen LogP contribution in [-0.4, -0.2) is 49.7 Å². The van der Waals surface area contributed by atoms with Crippen molar-refractivity contribution in [2.24, 2.45) is 23.2 Å². The third-order valence-electron chi connectivity index (χ3n) is 8.51. The van der Waals surface area contributed by atoms with Crippen LogP contribution in [0.25, 0.3) is 0 Å². The molecule has 0 radical (unpaired) electrons. The Bertz CT molecular complexity index is 828. The number of carbonyl (C=O) groups excluding carboxylic acids is 1. The maximum absolute atomic E-state index is 12.8. The van der Waals surface area contributed by atoms with E-state index >= 15 is 0 Å². The molecule has 0 bridgehead atoms. The van der Waals surface area contributed by atoms with Crippen molar-refractivity contribution in [3.8, 4) is 0 Å². The van der Waals surface area contributed by atoms with Crippen LogP contribution in [0.3, 0.4) is 0 Å². The van der Waals surface area contributed by atoms with Crippen molar-refractivity contribution < 1.29 is 9.53 Å². The SMILES string of the molecule is C=C1CCC[C@]2(C)C[C@H]3OC(=O)[C@@H](CN4CCN(c5cccc(C)c5)CC4)[C@H]3C[C@H]12. The van der Waals surface area contributed by atoms with E-state index in [0.29, 0.717) is 11.8 Å². The highest BCUT2D eigenvalue weighted by Crippen LogP contribution is 2.56. The number of carbonyl (C=O) groups is 1. The number of fused-ring (bicyclic) bond motifs is 2. The first-order chi connectivity index (χ1) is 14.4. The monoisotopic (exact) mass is 408 g/mol. The molecule has 4 nitrogen and oxygen atoms in total. The first kappa shape index (κ1) is 20.1. The number of aryl methyl sites for hydroxylation is 1. The van der Waals surface area contributed by atoms with Crippen LogP contribution < -0.4 is 4.90 Å². The first-order valence-corrected chi connectivity index (χ1v) is 11.8. The predicted octanol–water partition coefficient (Wildman–Crippen LogP) is 4.43. The molecule has 2 saturated carbocycles. The van der Waals surface area contributed by atoms with Crippen molar-refractivity contribution in [1.29, 1.82) is 0 Å². The van der Waals surface area contributed by atoms with Gasteiger partial charge in [0, 0.05) is 44.3 Å². The minimum absolute atomic E-state index is 0.0415. The largest absolute Gasteiger partial charge is 0.462 e. The molecule has 4 aliphatic rings. The minimum atomic E-state index is 0.0415. The molecule has 162 valence electrons. The van der Waals surface area contributed by atoms with Crippen molar-refractivity contribution in [1.82, 2.24) is 4.90 Å². The van der Waals surface area contributed by atoms with Crippen LogP contribution in [0.4, 0.5) is 5.69 Å². The zero-order valence-corrected chi connectivity index (χ0v) is 18.6. The van der Waals surface area contributed by atoms with Gasteiger partial charge < -0.3 is 9.64 Å². The fourth-order valence-corrected chi connectivity index (χ4v) is 6.76. The molecule has 2 heterocycles. The second-order valence-corrected chi connectivity index (χ2v) is 10.5. The van der Waals surface area contributed by atoms with Crippen molar-refractivity contribution in [2.75, 3.05) is 37.6 Å². The van der Waals surface area contributed by atoms with Gasteiger partial charge in [0.1, 0.15) is 6.10 Å². The smallest absolute Gasteiger partial charge is 0.310 e. The summed E-state index contributed by atoms with van der Waals surface area (Å²) in [5, 5.41) is 0. The van der Waals surface area contributed by atoms with Crippen molar-refractivity contribution >= 4 is 11.7 Å². The quantitative estimate of drug-likeness (QED) is 0.547. The number of allylic oxidation sites excluding steroid dienone is 1. The van der Waals surface area contributed by atoms with Gasteiger partial charge in [0.05, 0.1) is 5.92 Å². The van der Waals surface area contributed by atoms with Gasteiger partial charge in [-0.1, -0.05) is 31.2 Å². The highest BCUT2D eigenvalue weighted by Gasteiger charge is 2.55. The summed E-state index contributed by atoms with van der Waals surface area (Å²) in [6.45, 7) is 13.9. The fourth-order valence-electron chi connectivity index (χ4n) is 6.76. The first-order valence-electron chi connectivity index (χ1n) is 11.8. The summed E-state index contributed by atoms with van der Waals surface area (Å²) in [7, 11) is 0. The zero-order chi connectivity index (χ0) is 20.9. The van der Waals surface area contributed by atoms with Crippen LogP contribution in [0.1, 0.15) is 44.6 Å². The van der Waals surface area contributed by atoms with Gasteiger partial charge in [-0.3, -0.25) is 9.69 Å². The van der Waals surface area contributed by atoms with Gasteiger partial charge in [-0.05, 0) is 68.1 Å². The fraction of sp³-hybridized carbons (Fsp3) is 0.654. The molecule has 5 rings (SSSR count). The predicted molar refractivity (Wildman–Crippen MR) is 121 cm³/mol. The summed E-state index contributed by atoms with van der Waals surface area (Å²) in [6.07, 6.45) is 5.92. The van der Waals surface area contributed by atoms with Gasteiger partial charge in [0.15, 0.2) is 0 Å². The third-order valence-corrected chi connectivity index (χ3v) is 8.51. The number of nitrogens with zero attached hydrogens (tertiary/aromatic N) is 2. The molecule has 1 aromatic carbocycles. The van der Waals surface area contributed by atoms with Crippen LogP contribution in [0.5, 0.6) is 0 Å². The van der Waals surface area contributed by atoms with Crippen molar-refractivity contribution in [2.45, 2.75) is 52.1 Å². The van der Waals surface area contributed by atoms with E-state index in [2.05, 4.69) is 54.5 Å². The summed E-state index contributed by atoms with van der Waals surface area (Å²) in [4.78, 5) is 17.8. The van der Waals surface area contributed by atoms with E-state index < -0.39 is 0 Å². The Kier molecular flexibility index (Phi) is 5.17. The van der Waals surface area contributed by atoms with Gasteiger partial charge in [-0.2, -0.15) is 0 Å². The topological polar surface area (TPSA) is 32.8 Å². The number of ether oxygens (including phenoxy) is 1. The Morgan fingerprint density at radius 2 is 2.03 bits per heavy atom. The van der Waals surface area contributed by atoms with Gasteiger partial charge in [-0.25, -0.2) is 0 Å². The molecular weight excluding hydrogens is 372 g/mol. The van der Waals surface area contributed by atoms with Crippen molar-refractivity contribution in [3.63, 3.8) is 0 Å². The van der Waals surface area contributed by atoms with Crippen LogP contribution in [0.15, 0.2) is 36.4 Å². The summed E-state index contributed by atoms with van der Waals surface area (Å²) < 4.78 is 5.97. The summed E-state index contributed by atoms with van der Waals surface area (Å²) in [5.74, 6) is 1.04. The number of hydrogen-bond acceptors (Lipinski definition) is 4. The normalized spacial score (nSPS) is 36.9. The number of benzene rings is 1. The lowest BCUT2D eigenvalue weighted by Crippen LogP contribution is -2.50. The Hall–Kier alpha value is -1.81. The molecule has 1 aromatic rings. The molecule has 2 aliphatic carbocycles. The van der Waals surface area contributed by atoms with E-state index in [-0.39, 0.29) is 23.4 Å². The maximum Gasteiger partial charge on any atom is 0.310 e. The Labute approximate surface area is 181 Å². The summed E-state index contributed by atoms with van der Waals surface area (Å²) in [5.41, 5.74) is 4.33. The van der Waals surface area contributed by atoms with Crippen molar-refractivity contribution in [3.05, 3.63) is 42.0 Å². The second-order valence-electron chi connectivity index (χ2n) is 10.5. The Balaban J connectivity index is 1.23. The van der Waals surface area contributed by atoms with E-state index in [4.69, 9.17) is 4.74 Å². The molecule has 2 saturated heterocycles. The minimum Gasteiger partial charge on any atom is -0.462 e. The molecule has 0 aromatic heterocycles. The molecule has 30 heavy (non-hydrogen) atoms. The average molecular weight is 409 g/mol. The lowest BCUT2D eigenvalue weighted by molar-refractivity contribution is -0.146. The van der Waals surface area contributed by atoms with E-state index in [9.17, 15) is 4.79 Å². The van der Waals surface area contributed by atoms with Crippen LogP contribution in [0.2, 0.25) is 0 Å². The van der Waals surface area contributed by atoms with E-state index in [0.717, 1.165) is 52.0 Å². The lowest BCUT2D eigenvalue weighted by atomic mass is 9.55. The number of rotatable bonds is 3. The lowest BCUT2D eigenvalue weighted by Gasteiger charge is -2.50. The van der Waals surface area contributed by atoms with Crippen LogP contribution >= 0.6 is 0 Å². The molecule has 0 amide bonds. The number of piperazine rings is 1. The standard InChI is InChI=1S/C26H36N2O2/c1-18-6-4-8-20(14-18)28-12-10-27(11-13-28)17-22-21-15-23-19(2)7-5-9-26(23,3)16-24(21)30-25(22)29/h4,6,8,14,21-24H,2,5,7,9-13,15-17H2,1,3H3/t21-,22+,23-,24-,26-/m1/s1. The molecule has 2 aliphatic heterocycles. The molecule has 4 heteroatoms. The van der Waals surface area contributed by atoms with Crippen LogP contribution in [0, 0.1) is 30.1 Å². The average Bonchev–Trinajstić information content (AvgIpc) is 3.01. The van der Waals surface area contributed by atoms with Crippen LogP contribution in [-0.2, 0) is 9.53 Å². The summed E-state index contributed by atoms with van der Waals surface area (Å²) >= 11 is 0. The number of esters is 1. The Morgan fingerprint density at radius 1 is 1.23 bits per heavy atom. The van der Waals surface area contributed by atoms with E-state index in [1.165, 1.54) is 29.7 Å². The molecule has 0 N–H and O–H groups in total. The Morgan fingerprint density at radius 3 is 2.80 bits per heavy atom. The van der Waals surface area contributed by atoms with Gasteiger partial charge >= 0.3 is 5.97 Å². The number of anilines is 1. The van der Waals surface area contributed by atoms with E-state index in [1.807, 2.05) is 0 Å². The molecular formula is C26H36N2O2. The molecule has 0 spiro atoms. The molecule has 4 fully saturated rings. The summed E-state index contributed by atoms with van der Waals surface area (Å²) in [6, 6.07) is 8.77. The number of hydrogen-bond donors (Lipinski definition) is 0. The molecule has 5 atom stereocenters. The third kappa shape index (κ3) is 3.57. The van der Waals surface area contributed by atoms with Gasteiger partial charge in [0.25, 0.3) is 0 Å². The zero-order valence-electron chi connectivity index (χ0n) is 18.6. The highest BCUT2D eigenvalue weighted by molar-refractivity contribution is 5.75. The maximum atomic E-state index is 12.8. The molecule has 0 unspecified atom stereocenters. The van der Waals surface area contributed by atoms with Gasteiger partial charge in [-0.15, -0.1) is 0 Å². The second kappa shape index (κ2) is 7.71.